The number of nitrogens with two attached hydrogens (primary N) is 1. The number of amides is 1. The molecule has 2 heterocycles. The zero-order valence-electron chi connectivity index (χ0n) is 11.9. The molecule has 6 heteroatoms. The third-order valence-electron chi connectivity index (χ3n) is 3.19. The number of carbonyl (C=O) groups excluding carboxylic acids is 1. The summed E-state index contributed by atoms with van der Waals surface area (Å²) in [6.45, 7) is 1.80. The van der Waals surface area contributed by atoms with E-state index in [9.17, 15) is 4.79 Å². The van der Waals surface area contributed by atoms with Gasteiger partial charge in [-0.15, -0.1) is 11.3 Å². The van der Waals surface area contributed by atoms with Crippen LogP contribution in [0.3, 0.4) is 0 Å². The lowest BCUT2D eigenvalue weighted by Gasteiger charge is -2.07. The number of rotatable bonds is 3. The molecule has 0 radical (unpaired) electrons. The van der Waals surface area contributed by atoms with E-state index in [0.717, 1.165) is 10.9 Å². The number of nitrogens with zero attached hydrogens (tertiary/aromatic N) is 2. The maximum Gasteiger partial charge on any atom is 0.257 e. The molecule has 0 unspecified atom stereocenters. The SMILES string of the molecule is CC=C(C(=O)Nc1ccc2cccnc2c1)c1csc(N)n1. The van der Waals surface area contributed by atoms with E-state index < -0.39 is 0 Å². The van der Waals surface area contributed by atoms with Gasteiger partial charge in [0.25, 0.3) is 5.91 Å². The van der Waals surface area contributed by atoms with Crippen molar-refractivity contribution in [3.8, 4) is 0 Å². The summed E-state index contributed by atoms with van der Waals surface area (Å²) < 4.78 is 0. The molecule has 0 saturated carbocycles. The summed E-state index contributed by atoms with van der Waals surface area (Å²) in [5.41, 5.74) is 8.23. The Hall–Kier alpha value is -2.73. The maximum absolute atomic E-state index is 12.4. The van der Waals surface area contributed by atoms with Crippen LogP contribution >= 0.6 is 11.3 Å². The number of hydrogen-bond acceptors (Lipinski definition) is 5. The predicted octanol–water partition coefficient (Wildman–Crippen LogP) is 3.32. The number of nitrogen functional groups attached to an aromatic ring is 1. The third kappa shape index (κ3) is 2.82. The summed E-state index contributed by atoms with van der Waals surface area (Å²) in [5.74, 6) is -0.219. The lowest BCUT2D eigenvalue weighted by molar-refractivity contribution is -0.111. The van der Waals surface area contributed by atoms with Gasteiger partial charge in [-0.3, -0.25) is 9.78 Å². The van der Waals surface area contributed by atoms with Crippen LogP contribution in [0.4, 0.5) is 10.8 Å². The molecule has 5 nitrogen and oxygen atoms in total. The van der Waals surface area contributed by atoms with Gasteiger partial charge in [-0.2, -0.15) is 0 Å². The molecule has 1 amide bonds. The molecule has 0 aliphatic carbocycles. The fourth-order valence-corrected chi connectivity index (χ4v) is 2.71. The van der Waals surface area contributed by atoms with Crippen molar-refractivity contribution >= 4 is 44.5 Å². The minimum atomic E-state index is -0.219. The first-order valence-corrected chi connectivity index (χ1v) is 7.59. The van der Waals surface area contributed by atoms with E-state index in [0.29, 0.717) is 22.1 Å². The number of benzene rings is 1. The molecule has 0 aliphatic rings. The van der Waals surface area contributed by atoms with Gasteiger partial charge in [0.1, 0.15) is 0 Å². The van der Waals surface area contributed by atoms with Crippen molar-refractivity contribution < 1.29 is 4.79 Å². The van der Waals surface area contributed by atoms with Crippen molar-refractivity contribution in [3.63, 3.8) is 0 Å². The van der Waals surface area contributed by atoms with Gasteiger partial charge in [0.2, 0.25) is 0 Å². The number of nitrogens with one attached hydrogen (secondary N) is 1. The van der Waals surface area contributed by atoms with Gasteiger partial charge in [-0.05, 0) is 25.1 Å². The van der Waals surface area contributed by atoms with Gasteiger partial charge in [0, 0.05) is 22.7 Å². The molecule has 0 bridgehead atoms. The fraction of sp³-hybridized carbons (Fsp3) is 0.0625. The molecule has 0 saturated heterocycles. The van der Waals surface area contributed by atoms with Crippen LogP contribution in [-0.2, 0) is 4.79 Å². The van der Waals surface area contributed by atoms with E-state index >= 15 is 0 Å². The largest absolute Gasteiger partial charge is 0.375 e. The normalized spacial score (nSPS) is 11.6. The average Bonchev–Trinajstić information content (AvgIpc) is 2.94. The number of allylic oxidation sites excluding steroid dienone is 1. The number of hydrogen-bond donors (Lipinski definition) is 2. The Bertz CT molecular complexity index is 869. The Kier molecular flexibility index (Phi) is 3.84. The van der Waals surface area contributed by atoms with Gasteiger partial charge in [0.05, 0.1) is 16.8 Å². The highest BCUT2D eigenvalue weighted by atomic mass is 32.1. The van der Waals surface area contributed by atoms with Crippen LogP contribution in [0.1, 0.15) is 12.6 Å². The first-order valence-electron chi connectivity index (χ1n) is 6.71. The average molecular weight is 310 g/mol. The van der Waals surface area contributed by atoms with Gasteiger partial charge < -0.3 is 11.1 Å². The van der Waals surface area contributed by atoms with Gasteiger partial charge in [-0.1, -0.05) is 18.2 Å². The lowest BCUT2D eigenvalue weighted by Crippen LogP contribution is -2.13. The van der Waals surface area contributed by atoms with Gasteiger partial charge in [-0.25, -0.2) is 4.98 Å². The molecule has 0 spiro atoms. The standard InChI is InChI=1S/C16H14N4OS/c1-2-12(14-9-22-16(17)20-14)15(21)19-11-6-5-10-4-3-7-18-13(10)8-11/h2-9H,1H3,(H2,17,20)(H,19,21). The second-order valence-electron chi connectivity index (χ2n) is 4.64. The summed E-state index contributed by atoms with van der Waals surface area (Å²) in [4.78, 5) is 20.8. The molecule has 0 atom stereocenters. The Morgan fingerprint density at radius 2 is 2.23 bits per heavy atom. The van der Waals surface area contributed by atoms with Crippen molar-refractivity contribution in [2.45, 2.75) is 6.92 Å². The van der Waals surface area contributed by atoms with Crippen LogP contribution in [0.5, 0.6) is 0 Å². The Balaban J connectivity index is 1.85. The smallest absolute Gasteiger partial charge is 0.257 e. The Morgan fingerprint density at radius 1 is 1.36 bits per heavy atom. The van der Waals surface area contributed by atoms with E-state index in [4.69, 9.17) is 5.73 Å². The Labute approximate surface area is 131 Å². The molecule has 22 heavy (non-hydrogen) atoms. The fourth-order valence-electron chi connectivity index (χ4n) is 2.15. The summed E-state index contributed by atoms with van der Waals surface area (Å²) in [5, 5.41) is 6.11. The highest BCUT2D eigenvalue weighted by molar-refractivity contribution is 7.13. The van der Waals surface area contributed by atoms with Crippen LogP contribution in [0.15, 0.2) is 48.0 Å². The molecule has 3 N–H and O–H groups in total. The van der Waals surface area contributed by atoms with E-state index in [1.807, 2.05) is 30.3 Å². The van der Waals surface area contributed by atoms with E-state index in [2.05, 4.69) is 15.3 Å². The Morgan fingerprint density at radius 3 is 2.95 bits per heavy atom. The second-order valence-corrected chi connectivity index (χ2v) is 5.53. The molecule has 0 fully saturated rings. The third-order valence-corrected chi connectivity index (χ3v) is 3.87. The van der Waals surface area contributed by atoms with E-state index in [-0.39, 0.29) is 5.91 Å². The van der Waals surface area contributed by atoms with Crippen molar-refractivity contribution in [1.29, 1.82) is 0 Å². The number of anilines is 2. The number of aromatic nitrogens is 2. The molecular formula is C16H14N4OS. The quantitative estimate of drug-likeness (QED) is 0.727. The van der Waals surface area contributed by atoms with Gasteiger partial charge >= 0.3 is 0 Å². The maximum atomic E-state index is 12.4. The first-order chi connectivity index (χ1) is 10.7. The molecular weight excluding hydrogens is 296 g/mol. The number of fused-ring (bicyclic) bond motifs is 1. The van der Waals surface area contributed by atoms with Crippen molar-refractivity contribution in [2.75, 3.05) is 11.1 Å². The molecule has 2 aromatic heterocycles. The van der Waals surface area contributed by atoms with Crippen LogP contribution in [0.25, 0.3) is 16.5 Å². The van der Waals surface area contributed by atoms with Crippen molar-refractivity contribution in [3.05, 3.63) is 53.7 Å². The molecule has 3 rings (SSSR count). The van der Waals surface area contributed by atoms with Crippen LogP contribution in [0.2, 0.25) is 0 Å². The minimum Gasteiger partial charge on any atom is -0.375 e. The van der Waals surface area contributed by atoms with Gasteiger partial charge in [0.15, 0.2) is 5.13 Å². The predicted molar refractivity (Wildman–Crippen MR) is 90.6 cm³/mol. The van der Waals surface area contributed by atoms with Crippen molar-refractivity contribution in [1.82, 2.24) is 9.97 Å². The van der Waals surface area contributed by atoms with Crippen LogP contribution in [-0.4, -0.2) is 15.9 Å². The zero-order chi connectivity index (χ0) is 15.5. The minimum absolute atomic E-state index is 0.219. The summed E-state index contributed by atoms with van der Waals surface area (Å²) in [6.07, 6.45) is 3.45. The second kappa shape index (κ2) is 5.95. The highest BCUT2D eigenvalue weighted by Crippen LogP contribution is 2.22. The molecule has 1 aromatic carbocycles. The van der Waals surface area contributed by atoms with Crippen molar-refractivity contribution in [2.24, 2.45) is 0 Å². The summed E-state index contributed by atoms with van der Waals surface area (Å²) >= 11 is 1.31. The molecule has 3 aromatic rings. The summed E-state index contributed by atoms with van der Waals surface area (Å²) in [7, 11) is 0. The monoisotopic (exact) mass is 310 g/mol. The van der Waals surface area contributed by atoms with E-state index in [1.54, 1.807) is 24.6 Å². The molecule has 0 aliphatic heterocycles. The van der Waals surface area contributed by atoms with E-state index in [1.165, 1.54) is 11.3 Å². The van der Waals surface area contributed by atoms with Crippen LogP contribution < -0.4 is 11.1 Å². The lowest BCUT2D eigenvalue weighted by atomic mass is 10.1. The molecule has 110 valence electrons. The highest BCUT2D eigenvalue weighted by Gasteiger charge is 2.14. The topological polar surface area (TPSA) is 80.9 Å². The summed E-state index contributed by atoms with van der Waals surface area (Å²) in [6, 6.07) is 9.48. The number of carbonyl (C=O) groups is 1. The number of thiazole rings is 1. The number of pyridine rings is 1. The zero-order valence-corrected chi connectivity index (χ0v) is 12.7. The van der Waals surface area contributed by atoms with Crippen LogP contribution in [0, 0.1) is 0 Å². The first kappa shape index (κ1) is 14.2.